The summed E-state index contributed by atoms with van der Waals surface area (Å²) in [5.74, 6) is -4.68. The van der Waals surface area contributed by atoms with E-state index in [1.807, 2.05) is 19.1 Å². The summed E-state index contributed by atoms with van der Waals surface area (Å²) in [7, 11) is 0. The van der Waals surface area contributed by atoms with Crippen LogP contribution in [-0.4, -0.2) is 28.6 Å². The maximum atomic E-state index is 13.0. The SMILES string of the molecule is CC(=O)[C@H](C(=O)Nc1ccc(C)cc1)[C@@H]1C(=O)c2ccccc2C(=O)[C@@H]1Cl. The number of halogens is 1. The molecule has 1 amide bonds. The molecule has 0 unspecified atom stereocenters. The maximum absolute atomic E-state index is 13.0. The molecule has 3 atom stereocenters. The van der Waals surface area contributed by atoms with Gasteiger partial charge in [-0.25, -0.2) is 0 Å². The molecule has 0 aliphatic heterocycles. The molecule has 5 nitrogen and oxygen atoms in total. The normalized spacial score (nSPS) is 20.0. The number of carbonyl (C=O) groups is 4. The van der Waals surface area contributed by atoms with Crippen molar-refractivity contribution in [2.45, 2.75) is 19.2 Å². The lowest BCUT2D eigenvalue weighted by molar-refractivity contribution is -0.131. The monoisotopic (exact) mass is 383 g/mol. The summed E-state index contributed by atoms with van der Waals surface area (Å²) in [4.78, 5) is 50.6. The van der Waals surface area contributed by atoms with Crippen LogP contribution in [-0.2, 0) is 9.59 Å². The minimum atomic E-state index is -1.35. The van der Waals surface area contributed by atoms with Crippen LogP contribution in [0.25, 0.3) is 0 Å². The van der Waals surface area contributed by atoms with Gasteiger partial charge in [-0.1, -0.05) is 42.0 Å². The number of aryl methyl sites for hydroxylation is 1. The summed E-state index contributed by atoms with van der Waals surface area (Å²) in [6.07, 6.45) is 0. The van der Waals surface area contributed by atoms with Crippen LogP contribution in [0.1, 0.15) is 33.2 Å². The second-order valence-electron chi connectivity index (χ2n) is 6.65. The first-order chi connectivity index (χ1) is 12.8. The zero-order chi connectivity index (χ0) is 19.7. The Labute approximate surface area is 161 Å². The van der Waals surface area contributed by atoms with E-state index in [1.165, 1.54) is 19.1 Å². The maximum Gasteiger partial charge on any atom is 0.235 e. The predicted molar refractivity (Wildman–Crippen MR) is 102 cm³/mol. The van der Waals surface area contributed by atoms with Crippen molar-refractivity contribution in [1.82, 2.24) is 0 Å². The Hall–Kier alpha value is -2.79. The molecule has 1 aliphatic carbocycles. The topological polar surface area (TPSA) is 80.3 Å². The fraction of sp³-hybridized carbons (Fsp3) is 0.238. The third-order valence-corrected chi connectivity index (χ3v) is 5.19. The highest BCUT2D eigenvalue weighted by Crippen LogP contribution is 2.35. The first kappa shape index (κ1) is 19.0. The molecule has 0 saturated heterocycles. The summed E-state index contributed by atoms with van der Waals surface area (Å²) in [5.41, 5.74) is 1.93. The van der Waals surface area contributed by atoms with Gasteiger partial charge in [0.25, 0.3) is 0 Å². The van der Waals surface area contributed by atoms with Gasteiger partial charge in [-0.2, -0.15) is 0 Å². The number of anilines is 1. The molecule has 27 heavy (non-hydrogen) atoms. The van der Waals surface area contributed by atoms with E-state index in [0.717, 1.165) is 5.56 Å². The number of rotatable bonds is 4. The van der Waals surface area contributed by atoms with Crippen molar-refractivity contribution in [3.63, 3.8) is 0 Å². The van der Waals surface area contributed by atoms with Gasteiger partial charge >= 0.3 is 0 Å². The second kappa shape index (κ2) is 7.45. The fourth-order valence-corrected chi connectivity index (χ4v) is 3.69. The van der Waals surface area contributed by atoms with E-state index in [9.17, 15) is 19.2 Å². The summed E-state index contributed by atoms with van der Waals surface area (Å²) >= 11 is 6.26. The van der Waals surface area contributed by atoms with E-state index < -0.39 is 40.5 Å². The van der Waals surface area contributed by atoms with Crippen molar-refractivity contribution in [3.8, 4) is 0 Å². The summed E-state index contributed by atoms with van der Waals surface area (Å²) in [6.45, 7) is 3.13. The third kappa shape index (κ3) is 3.55. The molecule has 2 aromatic carbocycles. The highest BCUT2D eigenvalue weighted by atomic mass is 35.5. The predicted octanol–water partition coefficient (Wildman–Crippen LogP) is 3.44. The van der Waals surface area contributed by atoms with E-state index in [0.29, 0.717) is 5.69 Å². The molecule has 0 aromatic heterocycles. The van der Waals surface area contributed by atoms with Crippen molar-refractivity contribution in [2.75, 3.05) is 5.32 Å². The van der Waals surface area contributed by atoms with Gasteiger partial charge in [0.15, 0.2) is 11.6 Å². The number of Topliss-reactive ketones (excluding diaryl/α,β-unsaturated/α-hetero) is 3. The van der Waals surface area contributed by atoms with Crippen LogP contribution in [0.4, 0.5) is 5.69 Å². The number of benzene rings is 2. The quantitative estimate of drug-likeness (QED) is 0.647. The highest BCUT2D eigenvalue weighted by Gasteiger charge is 2.48. The number of alkyl halides is 1. The van der Waals surface area contributed by atoms with E-state index >= 15 is 0 Å². The van der Waals surface area contributed by atoms with E-state index in [-0.39, 0.29) is 11.1 Å². The summed E-state index contributed by atoms with van der Waals surface area (Å²) in [5, 5.41) is 1.37. The van der Waals surface area contributed by atoms with Gasteiger partial charge in [0.05, 0.1) is 5.92 Å². The first-order valence-corrected chi connectivity index (χ1v) is 8.94. The van der Waals surface area contributed by atoms with Gasteiger partial charge in [0.2, 0.25) is 5.91 Å². The van der Waals surface area contributed by atoms with E-state index in [4.69, 9.17) is 11.6 Å². The van der Waals surface area contributed by atoms with Crippen molar-refractivity contribution >= 4 is 40.5 Å². The van der Waals surface area contributed by atoms with Gasteiger partial charge in [0, 0.05) is 16.8 Å². The summed E-state index contributed by atoms with van der Waals surface area (Å²) in [6, 6.07) is 13.3. The Kier molecular flexibility index (Phi) is 5.24. The zero-order valence-corrected chi connectivity index (χ0v) is 15.6. The van der Waals surface area contributed by atoms with Crippen LogP contribution in [0.5, 0.6) is 0 Å². The van der Waals surface area contributed by atoms with Crippen LogP contribution >= 0.6 is 11.6 Å². The van der Waals surface area contributed by atoms with Crippen molar-refractivity contribution in [2.24, 2.45) is 11.8 Å². The molecule has 138 valence electrons. The molecule has 0 radical (unpaired) electrons. The van der Waals surface area contributed by atoms with E-state index in [1.54, 1.807) is 24.3 Å². The Bertz CT molecular complexity index is 935. The molecule has 1 aliphatic rings. The second-order valence-corrected chi connectivity index (χ2v) is 7.12. The number of hydrogen-bond acceptors (Lipinski definition) is 4. The van der Waals surface area contributed by atoms with Gasteiger partial charge in [-0.3, -0.25) is 19.2 Å². The zero-order valence-electron chi connectivity index (χ0n) is 14.9. The largest absolute Gasteiger partial charge is 0.325 e. The number of fused-ring (bicyclic) bond motifs is 1. The Balaban J connectivity index is 1.96. The van der Waals surface area contributed by atoms with E-state index in [2.05, 4.69) is 5.32 Å². The summed E-state index contributed by atoms with van der Waals surface area (Å²) < 4.78 is 0. The van der Waals surface area contributed by atoms with Gasteiger partial charge < -0.3 is 5.32 Å². The molecule has 0 saturated carbocycles. The third-order valence-electron chi connectivity index (χ3n) is 4.73. The van der Waals surface area contributed by atoms with Crippen molar-refractivity contribution < 1.29 is 19.2 Å². The van der Waals surface area contributed by atoms with Crippen LogP contribution in [0.3, 0.4) is 0 Å². The Morgan fingerprint density at radius 2 is 1.52 bits per heavy atom. The van der Waals surface area contributed by atoms with Crippen LogP contribution in [0.2, 0.25) is 0 Å². The Morgan fingerprint density at radius 3 is 2.07 bits per heavy atom. The molecule has 0 fully saturated rings. The lowest BCUT2D eigenvalue weighted by atomic mass is 9.73. The van der Waals surface area contributed by atoms with Crippen molar-refractivity contribution in [3.05, 3.63) is 65.2 Å². The average molecular weight is 384 g/mol. The molecule has 0 heterocycles. The molecule has 6 heteroatoms. The molecular weight excluding hydrogens is 366 g/mol. The average Bonchev–Trinajstić information content (AvgIpc) is 2.64. The molecule has 3 rings (SSSR count). The smallest absolute Gasteiger partial charge is 0.235 e. The van der Waals surface area contributed by atoms with Crippen LogP contribution < -0.4 is 5.32 Å². The lowest BCUT2D eigenvalue weighted by Gasteiger charge is -2.31. The van der Waals surface area contributed by atoms with Gasteiger partial charge in [-0.15, -0.1) is 11.6 Å². The fourth-order valence-electron chi connectivity index (χ4n) is 3.31. The standard InChI is InChI=1S/C21H18ClNO4/c1-11-7-9-13(10-8-11)23-21(27)16(12(2)24)17-18(22)20(26)15-6-4-3-5-14(15)19(17)25/h3-10,16-18H,1-2H3,(H,23,27)/t16-,17-,18+/m0/s1. The molecule has 0 spiro atoms. The molecule has 1 N–H and O–H groups in total. The van der Waals surface area contributed by atoms with Crippen LogP contribution in [0.15, 0.2) is 48.5 Å². The number of hydrogen-bond donors (Lipinski definition) is 1. The minimum Gasteiger partial charge on any atom is -0.325 e. The lowest BCUT2D eigenvalue weighted by Crippen LogP contribution is -2.48. The number of carbonyl (C=O) groups excluding carboxylic acids is 4. The first-order valence-electron chi connectivity index (χ1n) is 8.50. The van der Waals surface area contributed by atoms with Gasteiger partial charge in [-0.05, 0) is 26.0 Å². The minimum absolute atomic E-state index is 0.193. The molecule has 0 bridgehead atoms. The molecular formula is C21H18ClNO4. The van der Waals surface area contributed by atoms with Crippen molar-refractivity contribution in [1.29, 1.82) is 0 Å². The molecule has 2 aromatic rings. The van der Waals surface area contributed by atoms with Gasteiger partial charge in [0.1, 0.15) is 17.1 Å². The number of nitrogens with one attached hydrogen (secondary N) is 1. The van der Waals surface area contributed by atoms with Crippen LogP contribution in [0, 0.1) is 18.8 Å². The number of ketones is 3. The number of amides is 1. The Morgan fingerprint density at radius 1 is 0.963 bits per heavy atom. The highest BCUT2D eigenvalue weighted by molar-refractivity contribution is 6.39.